The zero-order valence-electron chi connectivity index (χ0n) is 34.1. The highest BCUT2D eigenvalue weighted by Crippen LogP contribution is 2.35. The predicted molar refractivity (Wildman–Crippen MR) is 220 cm³/mol. The van der Waals surface area contributed by atoms with Crippen LogP contribution in [0.4, 0.5) is 0 Å². The van der Waals surface area contributed by atoms with Gasteiger partial charge >= 0.3 is 19.7 Å². The summed E-state index contributed by atoms with van der Waals surface area (Å²) < 4.78 is 16.1. The van der Waals surface area contributed by atoms with Crippen LogP contribution in [0.3, 0.4) is 0 Å². The molecule has 0 unspecified atom stereocenters. The average molecular weight is 915 g/mol. The lowest BCUT2D eigenvalue weighted by Gasteiger charge is -2.27. The summed E-state index contributed by atoms with van der Waals surface area (Å²) in [5, 5.41) is 14.5. The molecule has 0 spiro atoms. The highest BCUT2D eigenvalue weighted by molar-refractivity contribution is 7.80. The summed E-state index contributed by atoms with van der Waals surface area (Å²) in [6, 6.07) is -9.50. The lowest BCUT2D eigenvalue weighted by Crippen LogP contribution is -2.78. The van der Waals surface area contributed by atoms with E-state index in [1.807, 2.05) is 0 Å². The molecule has 0 aliphatic rings. The third-order valence-corrected chi connectivity index (χ3v) is 9.20. The number of quaternary nitrogens is 1. The van der Waals surface area contributed by atoms with Crippen LogP contribution in [-0.4, -0.2) is 144 Å². The standard InChI is InChI=1S/C32H62N15O12PS/c1-17(34)25(50)43-20(7-4-12-40-31(36)37)26(51)45-21(8-5-13-41-32(38)39)27(52)44-19(6-2-3-11-33)28(53)46-22(15-59-60(56,57)58)29(54)47-23(16-61)30(55)42-18(14-48)9-10-24(35)49/h14,17-23,61H,2-13,15-16,33-34H2,1H3,(H2,35,49)(H,42,55)(H,43,50)(H,44,52)(H,45,51)(H,46,53)(H,47,54)(H4,36,37,40)(H4,38,39,41)(H2,56,57,58)/p+3/t17-,18-,19-,20-,21-,22-,23-/m0/s1. The summed E-state index contributed by atoms with van der Waals surface area (Å²) in [6.45, 7) is 1.12. The Morgan fingerprint density at radius 2 is 1.08 bits per heavy atom. The maximum atomic E-state index is 13.9. The normalized spacial score (nSPS) is 14.5. The Bertz CT molecular complexity index is 1580. The lowest BCUT2D eigenvalue weighted by atomic mass is 10.0. The maximum Gasteiger partial charge on any atom is 0.469 e. The topological polar surface area (TPSA) is 487 Å². The number of nitrogens with one attached hydrogen (secondary N) is 8. The van der Waals surface area contributed by atoms with Crippen LogP contribution in [0.2, 0.25) is 0 Å². The Morgan fingerprint density at radius 3 is 1.48 bits per heavy atom. The van der Waals surface area contributed by atoms with E-state index >= 15 is 0 Å². The predicted octanol–water partition coefficient (Wildman–Crippen LogP) is -11.6. The van der Waals surface area contributed by atoms with E-state index in [1.54, 1.807) is 0 Å². The number of amides is 7. The largest absolute Gasteiger partial charge is 0.469 e. The number of unbranched alkanes of at least 4 members (excludes halogenated alkanes) is 1. The van der Waals surface area contributed by atoms with E-state index in [0.29, 0.717) is 25.7 Å². The smallest absolute Gasteiger partial charge is 0.370 e. The maximum absolute atomic E-state index is 13.9. The summed E-state index contributed by atoms with van der Waals surface area (Å²) in [7, 11) is -5.24. The number of primary amides is 1. The van der Waals surface area contributed by atoms with Crippen molar-refractivity contribution in [1.82, 2.24) is 31.9 Å². The quantitative estimate of drug-likeness (QED) is 0.00744. The van der Waals surface area contributed by atoms with Crippen molar-refractivity contribution in [2.45, 2.75) is 107 Å². The van der Waals surface area contributed by atoms with Gasteiger partial charge in [-0.1, -0.05) is 0 Å². The fourth-order valence-electron chi connectivity index (χ4n) is 5.11. The molecule has 0 bridgehead atoms. The third kappa shape index (κ3) is 26.0. The third-order valence-electron chi connectivity index (χ3n) is 8.35. The number of hydrogen-bond acceptors (Lipinski definition) is 12. The molecule has 0 saturated carbocycles. The second-order valence-corrected chi connectivity index (χ2v) is 15.3. The molecule has 0 heterocycles. The van der Waals surface area contributed by atoms with Gasteiger partial charge in [0.15, 0.2) is 0 Å². The summed E-state index contributed by atoms with van der Waals surface area (Å²) in [4.78, 5) is 127. The molecule has 61 heavy (non-hydrogen) atoms. The van der Waals surface area contributed by atoms with Crippen LogP contribution in [0, 0.1) is 0 Å². The van der Waals surface area contributed by atoms with Crippen molar-refractivity contribution in [1.29, 1.82) is 0 Å². The number of carbonyl (C=O) groups excluding carboxylic acids is 8. The van der Waals surface area contributed by atoms with Gasteiger partial charge in [0.1, 0.15) is 36.5 Å². The molecule has 0 aromatic carbocycles. The van der Waals surface area contributed by atoms with Crippen molar-refractivity contribution in [3.8, 4) is 0 Å². The molecule has 27 nitrogen and oxygen atoms in total. The first-order valence-electron chi connectivity index (χ1n) is 19.2. The number of thiol groups is 1. The molecule has 0 rings (SSSR count). The fourth-order valence-corrected chi connectivity index (χ4v) is 5.71. The van der Waals surface area contributed by atoms with Crippen molar-refractivity contribution >= 4 is 80.0 Å². The first kappa shape index (κ1) is 55.9. The van der Waals surface area contributed by atoms with Crippen molar-refractivity contribution < 1.29 is 73.0 Å². The van der Waals surface area contributed by atoms with Gasteiger partial charge in [-0.25, -0.2) is 4.57 Å². The van der Waals surface area contributed by atoms with Gasteiger partial charge in [-0.2, -0.15) is 12.6 Å². The first-order chi connectivity index (χ1) is 28.5. The molecule has 0 aliphatic heterocycles. The van der Waals surface area contributed by atoms with Crippen LogP contribution in [0.5, 0.6) is 0 Å². The number of rotatable bonds is 32. The molecule has 29 heteroatoms. The lowest BCUT2D eigenvalue weighted by molar-refractivity contribution is -0.460. The number of phosphoric ester groups is 1. The fraction of sp³-hybridized carbons (Fsp3) is 0.688. The molecule has 0 radical (unpaired) electrons. The molecule has 0 aromatic rings. The summed E-state index contributed by atoms with van der Waals surface area (Å²) in [5.41, 5.74) is 36.4. The number of guanidine groups is 2. The Balaban J connectivity index is 6.56. The zero-order chi connectivity index (χ0) is 46.7. The molecular formula is C32H65N15O12PS+3. The summed E-state index contributed by atoms with van der Waals surface area (Å²) in [5.74, 6) is -6.75. The van der Waals surface area contributed by atoms with Gasteiger partial charge < -0.3 is 63.7 Å². The SMILES string of the molecule is C[C@H](N)C(=O)N[C@@H](CCC[NH+]=C(N)N)C(=O)N[C@@H](CCC[NH+]=C(N)N)C(=O)N[C@@H](CCCC[NH3+])C(=O)N[C@@H](COP(=O)(O)O)C(=O)N[C@@H](CS)C(=O)N[C@H](C=O)CCC(N)=O. The van der Waals surface area contributed by atoms with E-state index in [1.165, 1.54) is 6.92 Å². The molecule has 0 aromatic heterocycles. The molecule has 25 N–H and O–H groups in total. The monoisotopic (exact) mass is 914 g/mol. The van der Waals surface area contributed by atoms with E-state index in [4.69, 9.17) is 34.4 Å². The molecule has 7 amide bonds. The number of hydrogen-bond donors (Lipinski definition) is 18. The molecule has 348 valence electrons. The number of aldehydes is 1. The Hall–Kier alpha value is -5.12. The van der Waals surface area contributed by atoms with E-state index < -0.39 is 98.1 Å². The van der Waals surface area contributed by atoms with Crippen LogP contribution in [0.15, 0.2) is 0 Å². The van der Waals surface area contributed by atoms with E-state index in [0.717, 1.165) is 0 Å². The minimum atomic E-state index is -5.24. The highest BCUT2D eigenvalue weighted by Gasteiger charge is 2.34. The van der Waals surface area contributed by atoms with Crippen molar-refractivity contribution in [3.05, 3.63) is 0 Å². The second-order valence-electron chi connectivity index (χ2n) is 13.7. The summed E-state index contributed by atoms with van der Waals surface area (Å²) >= 11 is 4.05. The number of nitrogens with two attached hydrogens (primary N) is 6. The minimum absolute atomic E-state index is 0.0525. The van der Waals surface area contributed by atoms with Gasteiger partial charge in [-0.05, 0) is 58.3 Å². The molecular weight excluding hydrogens is 849 g/mol. The molecule has 0 saturated heterocycles. The highest BCUT2D eigenvalue weighted by atomic mass is 32.1. The minimum Gasteiger partial charge on any atom is -0.370 e. The Kier molecular flexibility index (Phi) is 27.5. The van der Waals surface area contributed by atoms with E-state index in [2.05, 4.69) is 64.8 Å². The van der Waals surface area contributed by atoms with Gasteiger partial charge in [0.05, 0.1) is 38.3 Å². The number of phosphoric acid groups is 1. The van der Waals surface area contributed by atoms with Gasteiger partial charge in [0, 0.05) is 12.2 Å². The van der Waals surface area contributed by atoms with Gasteiger partial charge in [-0.15, -0.1) is 0 Å². The van der Waals surface area contributed by atoms with Crippen molar-refractivity contribution in [3.63, 3.8) is 0 Å². The van der Waals surface area contributed by atoms with Crippen molar-refractivity contribution in [2.75, 3.05) is 32.0 Å². The first-order valence-corrected chi connectivity index (χ1v) is 21.4. The van der Waals surface area contributed by atoms with Crippen LogP contribution in [0.1, 0.15) is 64.7 Å². The van der Waals surface area contributed by atoms with Crippen LogP contribution in [-0.2, 0) is 47.4 Å². The van der Waals surface area contributed by atoms with E-state index in [-0.39, 0.29) is 75.7 Å². The van der Waals surface area contributed by atoms with Crippen LogP contribution < -0.4 is 82.0 Å². The van der Waals surface area contributed by atoms with Gasteiger partial charge in [0.25, 0.3) is 0 Å². The average Bonchev–Trinajstić information content (AvgIpc) is 3.17. The Morgan fingerprint density at radius 1 is 0.672 bits per heavy atom. The van der Waals surface area contributed by atoms with Crippen LogP contribution in [0.25, 0.3) is 0 Å². The van der Waals surface area contributed by atoms with E-state index in [9.17, 15) is 52.7 Å². The summed E-state index contributed by atoms with van der Waals surface area (Å²) in [6.07, 6.45) is 1.17. The van der Waals surface area contributed by atoms with Crippen LogP contribution >= 0.6 is 20.5 Å². The molecule has 7 atom stereocenters. The Labute approximate surface area is 357 Å². The second kappa shape index (κ2) is 30.0. The zero-order valence-corrected chi connectivity index (χ0v) is 35.8. The molecule has 0 aliphatic carbocycles. The van der Waals surface area contributed by atoms with Gasteiger partial charge in [0.2, 0.25) is 41.4 Å². The van der Waals surface area contributed by atoms with Crippen molar-refractivity contribution in [2.24, 2.45) is 34.4 Å². The number of carbonyl (C=O) groups is 8. The van der Waals surface area contributed by atoms with Gasteiger partial charge in [-0.3, -0.25) is 71.0 Å². The molecule has 0 fully saturated rings.